The Morgan fingerprint density at radius 1 is 1.36 bits per heavy atom. The number of anilines is 1. The molecule has 0 aliphatic carbocycles. The maximum absolute atomic E-state index is 13.6. The molecule has 4 amide bonds. The first-order chi connectivity index (χ1) is 15.7. The Labute approximate surface area is 188 Å². The summed E-state index contributed by atoms with van der Waals surface area (Å²) in [6.07, 6.45) is -0.533. The summed E-state index contributed by atoms with van der Waals surface area (Å²) in [5.74, 6) is -1.53. The zero-order valence-electron chi connectivity index (χ0n) is 18.3. The number of nitrogens with one attached hydrogen (secondary N) is 2. The van der Waals surface area contributed by atoms with Gasteiger partial charge in [-0.05, 0) is 25.1 Å². The van der Waals surface area contributed by atoms with E-state index < -0.39 is 23.9 Å². The van der Waals surface area contributed by atoms with Crippen LogP contribution in [0.4, 0.5) is 14.9 Å². The molecule has 33 heavy (non-hydrogen) atoms. The average molecular weight is 455 g/mol. The Balaban J connectivity index is 1.62. The summed E-state index contributed by atoms with van der Waals surface area (Å²) in [7, 11) is 2.90. The molecule has 0 saturated heterocycles. The molecule has 1 aromatic carbocycles. The lowest BCUT2D eigenvalue weighted by Crippen LogP contribution is -2.45. The number of hydrogen-bond acceptors (Lipinski definition) is 6. The molecule has 0 radical (unpaired) electrons. The minimum absolute atomic E-state index is 0.0468. The van der Waals surface area contributed by atoms with E-state index in [1.165, 1.54) is 35.8 Å². The van der Waals surface area contributed by atoms with Crippen molar-refractivity contribution in [3.63, 3.8) is 0 Å². The lowest BCUT2D eigenvalue weighted by atomic mass is 9.99. The number of likely N-dealkylation sites (N-methyl/N-ethyl adjacent to an activating group) is 1. The fourth-order valence-corrected chi connectivity index (χ4v) is 3.99. The Morgan fingerprint density at radius 2 is 2.12 bits per heavy atom. The highest BCUT2D eigenvalue weighted by atomic mass is 19.1. The van der Waals surface area contributed by atoms with Crippen molar-refractivity contribution >= 4 is 23.5 Å². The van der Waals surface area contributed by atoms with Crippen molar-refractivity contribution in [1.29, 1.82) is 5.26 Å². The van der Waals surface area contributed by atoms with Crippen molar-refractivity contribution < 1.29 is 23.6 Å². The highest BCUT2D eigenvalue weighted by Gasteiger charge is 2.38. The number of aromatic nitrogens is 2. The summed E-state index contributed by atoms with van der Waals surface area (Å²) in [5.41, 5.74) is 1.62. The Kier molecular flexibility index (Phi) is 5.73. The van der Waals surface area contributed by atoms with Crippen LogP contribution in [0, 0.1) is 17.1 Å². The summed E-state index contributed by atoms with van der Waals surface area (Å²) in [6.45, 7) is 2.00. The van der Waals surface area contributed by atoms with E-state index in [1.54, 1.807) is 6.07 Å². The van der Waals surface area contributed by atoms with E-state index >= 15 is 0 Å². The van der Waals surface area contributed by atoms with E-state index in [1.807, 2.05) is 6.92 Å². The van der Waals surface area contributed by atoms with Crippen molar-refractivity contribution in [3.8, 4) is 6.07 Å². The van der Waals surface area contributed by atoms with Gasteiger partial charge >= 0.3 is 6.03 Å². The monoisotopic (exact) mass is 455 g/mol. The van der Waals surface area contributed by atoms with Gasteiger partial charge in [0.1, 0.15) is 17.6 Å². The van der Waals surface area contributed by atoms with Crippen molar-refractivity contribution in [3.05, 3.63) is 46.5 Å². The second-order valence-corrected chi connectivity index (χ2v) is 7.88. The third-order valence-electron chi connectivity index (χ3n) is 5.73. The molecule has 2 N–H and O–H groups in total. The van der Waals surface area contributed by atoms with Gasteiger partial charge in [-0.25, -0.2) is 14.2 Å². The highest BCUT2D eigenvalue weighted by Crippen LogP contribution is 2.29. The van der Waals surface area contributed by atoms with E-state index in [4.69, 9.17) is 10.1 Å². The Bertz CT molecular complexity index is 1190. The number of nitriles is 1. The summed E-state index contributed by atoms with van der Waals surface area (Å²) in [5, 5.41) is 19.7. The summed E-state index contributed by atoms with van der Waals surface area (Å²) < 4.78 is 15.1. The first kappa shape index (κ1) is 22.2. The van der Waals surface area contributed by atoms with E-state index in [-0.39, 0.29) is 42.0 Å². The second-order valence-electron chi connectivity index (χ2n) is 7.88. The van der Waals surface area contributed by atoms with Crippen LogP contribution in [0.3, 0.4) is 0 Å². The third-order valence-corrected chi connectivity index (χ3v) is 5.73. The summed E-state index contributed by atoms with van der Waals surface area (Å²) >= 11 is 0. The van der Waals surface area contributed by atoms with Gasteiger partial charge in [0, 0.05) is 37.8 Å². The van der Waals surface area contributed by atoms with E-state index in [0.29, 0.717) is 17.7 Å². The SMILES string of the molecule is CNC(=O)C1Cn2nc3c(c2C(=O)N(C)O1)CN(C(=O)Nc1ccc(F)c(C#N)c1)C(C)C3. The van der Waals surface area contributed by atoms with E-state index in [2.05, 4.69) is 15.7 Å². The number of halogens is 1. The van der Waals surface area contributed by atoms with Crippen LogP contribution in [0.25, 0.3) is 0 Å². The maximum atomic E-state index is 13.6. The summed E-state index contributed by atoms with van der Waals surface area (Å²) in [4.78, 5) is 45.1. The predicted molar refractivity (Wildman–Crippen MR) is 112 cm³/mol. The van der Waals surface area contributed by atoms with Crippen LogP contribution in [0.5, 0.6) is 0 Å². The van der Waals surface area contributed by atoms with E-state index in [0.717, 1.165) is 11.1 Å². The quantitative estimate of drug-likeness (QED) is 0.694. The molecule has 11 nitrogen and oxygen atoms in total. The fraction of sp³-hybridized carbons (Fsp3) is 0.381. The highest BCUT2D eigenvalue weighted by molar-refractivity contribution is 5.95. The molecule has 2 aliphatic rings. The second kappa shape index (κ2) is 8.51. The van der Waals surface area contributed by atoms with Gasteiger partial charge in [0.15, 0.2) is 6.10 Å². The number of hydrogen-bond donors (Lipinski definition) is 2. The van der Waals surface area contributed by atoms with Crippen LogP contribution >= 0.6 is 0 Å². The number of urea groups is 1. The molecule has 172 valence electrons. The number of carbonyl (C=O) groups is 3. The number of fused-ring (bicyclic) bond motifs is 3. The minimum Gasteiger partial charge on any atom is -0.357 e. The number of carbonyl (C=O) groups excluding carboxylic acids is 3. The smallest absolute Gasteiger partial charge is 0.322 e. The number of hydroxylamine groups is 2. The molecule has 2 unspecified atom stereocenters. The lowest BCUT2D eigenvalue weighted by molar-refractivity contribution is -0.168. The Hall–Kier alpha value is -3.98. The van der Waals surface area contributed by atoms with Gasteiger partial charge < -0.3 is 15.5 Å². The normalized spacial score (nSPS) is 19.8. The molecule has 0 spiro atoms. The zero-order chi connectivity index (χ0) is 23.9. The molecule has 2 aliphatic heterocycles. The zero-order valence-corrected chi connectivity index (χ0v) is 18.3. The largest absolute Gasteiger partial charge is 0.357 e. The van der Waals surface area contributed by atoms with E-state index in [9.17, 15) is 18.8 Å². The summed E-state index contributed by atoms with van der Waals surface area (Å²) in [6, 6.07) is 4.77. The molecule has 0 fully saturated rings. The average Bonchev–Trinajstić information content (AvgIpc) is 3.08. The topological polar surface area (TPSA) is 133 Å². The van der Waals surface area contributed by atoms with Crippen molar-refractivity contribution in [2.75, 3.05) is 19.4 Å². The molecule has 0 bridgehead atoms. The molecule has 0 saturated carbocycles. The Morgan fingerprint density at radius 3 is 2.82 bits per heavy atom. The van der Waals surface area contributed by atoms with Gasteiger partial charge in [-0.1, -0.05) is 0 Å². The number of benzene rings is 1. The molecular weight excluding hydrogens is 433 g/mol. The molecule has 1 aromatic heterocycles. The van der Waals surface area contributed by atoms with Crippen LogP contribution in [-0.4, -0.2) is 63.8 Å². The van der Waals surface area contributed by atoms with Gasteiger partial charge in [-0.15, -0.1) is 0 Å². The molecule has 3 heterocycles. The van der Waals surface area contributed by atoms with Crippen molar-refractivity contribution in [2.45, 2.75) is 38.6 Å². The molecule has 2 aromatic rings. The van der Waals surface area contributed by atoms with Crippen LogP contribution in [-0.2, 0) is 29.1 Å². The maximum Gasteiger partial charge on any atom is 0.322 e. The lowest BCUT2D eigenvalue weighted by Gasteiger charge is -2.33. The van der Waals surface area contributed by atoms with Crippen molar-refractivity contribution in [2.24, 2.45) is 0 Å². The fourth-order valence-electron chi connectivity index (χ4n) is 3.99. The van der Waals surface area contributed by atoms with Crippen LogP contribution in [0.15, 0.2) is 18.2 Å². The van der Waals surface area contributed by atoms with Gasteiger partial charge in [0.2, 0.25) is 0 Å². The first-order valence-electron chi connectivity index (χ1n) is 10.3. The molecule has 4 rings (SSSR count). The van der Waals surface area contributed by atoms with Crippen LogP contribution < -0.4 is 10.6 Å². The first-order valence-corrected chi connectivity index (χ1v) is 10.3. The van der Waals surface area contributed by atoms with Gasteiger partial charge in [0.05, 0.1) is 24.3 Å². The van der Waals surface area contributed by atoms with Crippen LogP contribution in [0.1, 0.15) is 34.2 Å². The van der Waals surface area contributed by atoms with Gasteiger partial charge in [-0.2, -0.15) is 10.4 Å². The standard InChI is InChI=1S/C21H22FN7O4/c1-11-6-16-14(9-28(11)21(32)25-13-4-5-15(22)12(7-13)8-23)18-20(31)27(3)33-17(19(30)24-2)10-29(18)26-16/h4-5,7,11,17H,6,9-10H2,1-3H3,(H,24,30)(H,25,32). The third kappa shape index (κ3) is 3.98. The molecular formula is C21H22FN7O4. The molecule has 12 heteroatoms. The predicted octanol–water partition coefficient (Wildman–Crippen LogP) is 1.00. The van der Waals surface area contributed by atoms with Crippen LogP contribution in [0.2, 0.25) is 0 Å². The minimum atomic E-state index is -0.934. The van der Waals surface area contributed by atoms with Crippen molar-refractivity contribution in [1.82, 2.24) is 25.1 Å². The number of rotatable bonds is 2. The molecule has 2 atom stereocenters. The van der Waals surface area contributed by atoms with Gasteiger partial charge in [0.25, 0.3) is 11.8 Å². The number of nitrogens with zero attached hydrogens (tertiary/aromatic N) is 5. The van der Waals surface area contributed by atoms with Gasteiger partial charge in [-0.3, -0.25) is 19.1 Å². The number of amides is 4.